The fraction of sp³-hybridized carbons (Fsp3) is 0.667. The third-order valence-electron chi connectivity index (χ3n) is 1.36. The number of nitrogens with one attached hydrogen (secondary N) is 1. The first-order chi connectivity index (χ1) is 8.16. The fourth-order valence-electron chi connectivity index (χ4n) is 0.758. The molecule has 0 heterocycles. The van der Waals surface area contributed by atoms with E-state index in [0.717, 1.165) is 5.32 Å². The van der Waals surface area contributed by atoms with Gasteiger partial charge in [0.15, 0.2) is 0 Å². The number of rotatable bonds is 6. The van der Waals surface area contributed by atoms with Gasteiger partial charge in [0.05, 0.1) is 4.92 Å². The van der Waals surface area contributed by atoms with Crippen LogP contribution in [-0.4, -0.2) is 38.3 Å². The first kappa shape index (κ1) is 14.9. The minimum absolute atomic E-state index is 1.03. The van der Waals surface area contributed by atoms with E-state index in [4.69, 9.17) is 0 Å². The molecule has 0 rings (SSSR count). The second-order valence-corrected chi connectivity index (χ2v) is 2.46. The first-order valence-electron chi connectivity index (χ1n) is 3.70. The molecule has 0 aliphatic heterocycles. The highest BCUT2D eigenvalue weighted by molar-refractivity contribution is 5.66. The summed E-state index contributed by atoms with van der Waals surface area (Å²) < 4.78 is 0. The lowest BCUT2D eigenvalue weighted by atomic mass is 10.4. The van der Waals surface area contributed by atoms with E-state index in [1.165, 1.54) is 0 Å². The zero-order chi connectivity index (χ0) is 14.5. The molecule has 0 aliphatic rings. The highest BCUT2D eigenvalue weighted by atomic mass is 17.0. The molecule has 0 aromatic carbocycles. The highest BCUT2D eigenvalue weighted by Gasteiger charge is 2.52. The maximum Gasteiger partial charge on any atom is 0.534 e. The standard InChI is InChI=1S/C3H3N5O10/c9-3(18-8(16)17)4-1(5(10)11)2(6(12)13)7(14)15/h1-2H,(H,4,9). The molecular formula is C3H3N5O10. The van der Waals surface area contributed by atoms with Gasteiger partial charge >= 0.3 is 23.5 Å². The molecule has 15 nitrogen and oxygen atoms in total. The van der Waals surface area contributed by atoms with Gasteiger partial charge in [0, 0.05) is 0 Å². The van der Waals surface area contributed by atoms with Crippen molar-refractivity contribution in [2.45, 2.75) is 12.3 Å². The van der Waals surface area contributed by atoms with E-state index in [0.29, 0.717) is 0 Å². The number of carbonyl (C=O) groups is 1. The molecule has 0 bridgehead atoms. The third kappa shape index (κ3) is 4.16. The Labute approximate surface area is 94.9 Å². The van der Waals surface area contributed by atoms with Crippen molar-refractivity contribution in [1.29, 1.82) is 0 Å². The zero-order valence-electron chi connectivity index (χ0n) is 8.03. The van der Waals surface area contributed by atoms with Crippen LogP contribution >= 0.6 is 0 Å². The van der Waals surface area contributed by atoms with Crippen molar-refractivity contribution in [3.63, 3.8) is 0 Å². The lowest BCUT2D eigenvalue weighted by molar-refractivity contribution is -0.785. The zero-order valence-corrected chi connectivity index (χ0v) is 8.03. The van der Waals surface area contributed by atoms with E-state index in [-0.39, 0.29) is 0 Å². The van der Waals surface area contributed by atoms with Gasteiger partial charge in [0.2, 0.25) is 0 Å². The van der Waals surface area contributed by atoms with Crippen molar-refractivity contribution in [2.75, 3.05) is 0 Å². The third-order valence-corrected chi connectivity index (χ3v) is 1.36. The number of nitro groups is 3. The summed E-state index contributed by atoms with van der Waals surface area (Å²) in [6.45, 7) is 0. The van der Waals surface area contributed by atoms with E-state index in [9.17, 15) is 45.3 Å². The number of hydrogen-bond acceptors (Lipinski definition) is 10. The molecule has 100 valence electrons. The summed E-state index contributed by atoms with van der Waals surface area (Å²) in [5.74, 6) is 0. The van der Waals surface area contributed by atoms with Gasteiger partial charge in [0.25, 0.3) is 0 Å². The number of hydrogen-bond donors (Lipinski definition) is 1. The lowest BCUT2D eigenvalue weighted by Crippen LogP contribution is -2.55. The van der Waals surface area contributed by atoms with E-state index >= 15 is 0 Å². The maximum absolute atomic E-state index is 10.6. The normalized spacial score (nSPS) is 11.4. The Morgan fingerprint density at radius 2 is 1.39 bits per heavy atom. The van der Waals surface area contributed by atoms with Gasteiger partial charge in [-0.2, -0.15) is 0 Å². The molecule has 1 atom stereocenters. The highest BCUT2D eigenvalue weighted by Crippen LogP contribution is 2.01. The van der Waals surface area contributed by atoms with Crippen LogP contribution in [0.2, 0.25) is 0 Å². The maximum atomic E-state index is 10.6. The average Bonchev–Trinajstić information content (AvgIpc) is 2.13. The molecule has 15 heteroatoms. The van der Waals surface area contributed by atoms with Crippen molar-refractivity contribution in [3.8, 4) is 0 Å². The number of carbonyl (C=O) groups excluding carboxylic acids is 1. The molecule has 0 spiro atoms. The summed E-state index contributed by atoms with van der Waals surface area (Å²) in [4.78, 5) is 49.4. The van der Waals surface area contributed by atoms with Crippen LogP contribution < -0.4 is 5.32 Å². The quantitative estimate of drug-likeness (QED) is 0.330. The molecule has 0 aliphatic carbocycles. The molecule has 18 heavy (non-hydrogen) atoms. The fourth-order valence-corrected chi connectivity index (χ4v) is 0.758. The van der Waals surface area contributed by atoms with Gasteiger partial charge in [0.1, 0.15) is 9.85 Å². The SMILES string of the molecule is O=C(NC(C([N+](=O)[O-])[N+](=O)[O-])[N+](=O)[O-])O[N+](=O)[O-]. The summed E-state index contributed by atoms with van der Waals surface area (Å²) in [7, 11) is 0. The van der Waals surface area contributed by atoms with Crippen LogP contribution in [0.5, 0.6) is 0 Å². The predicted octanol–water partition coefficient (Wildman–Crippen LogP) is -1.61. The van der Waals surface area contributed by atoms with E-state index in [1.54, 1.807) is 0 Å². The Hall–Kier alpha value is -3.13. The van der Waals surface area contributed by atoms with Crippen LogP contribution in [0.25, 0.3) is 0 Å². The topological polar surface area (TPSA) is 211 Å². The second kappa shape index (κ2) is 5.82. The Morgan fingerprint density at radius 1 is 0.944 bits per heavy atom. The van der Waals surface area contributed by atoms with Crippen LogP contribution in [0, 0.1) is 40.5 Å². The van der Waals surface area contributed by atoms with Gasteiger partial charge in [-0.05, 0) is 0 Å². The second-order valence-electron chi connectivity index (χ2n) is 2.46. The molecule has 0 aromatic rings. The van der Waals surface area contributed by atoms with E-state index in [1.807, 2.05) is 0 Å². The van der Waals surface area contributed by atoms with Gasteiger partial charge in [-0.1, -0.05) is 0 Å². The molecule has 1 amide bonds. The predicted molar refractivity (Wildman–Crippen MR) is 45.2 cm³/mol. The van der Waals surface area contributed by atoms with Gasteiger partial charge in [-0.25, -0.2) is 9.63 Å². The average molecular weight is 269 g/mol. The Kier molecular flexibility index (Phi) is 4.81. The minimum Gasteiger partial charge on any atom is -0.262 e. The van der Waals surface area contributed by atoms with Gasteiger partial charge in [-0.3, -0.25) is 35.7 Å². The van der Waals surface area contributed by atoms with Crippen LogP contribution in [0.3, 0.4) is 0 Å². The molecule has 0 fully saturated rings. The largest absolute Gasteiger partial charge is 0.534 e. The van der Waals surface area contributed by atoms with E-state index < -0.39 is 38.3 Å². The smallest absolute Gasteiger partial charge is 0.262 e. The molecular weight excluding hydrogens is 266 g/mol. The van der Waals surface area contributed by atoms with Crippen molar-refractivity contribution < 1.29 is 29.5 Å². The van der Waals surface area contributed by atoms with Crippen molar-refractivity contribution >= 4 is 6.09 Å². The summed E-state index contributed by atoms with van der Waals surface area (Å²) in [6.07, 6.45) is -7.88. The summed E-state index contributed by atoms with van der Waals surface area (Å²) in [5, 5.41) is 39.8. The van der Waals surface area contributed by atoms with Crippen molar-refractivity contribution in [2.24, 2.45) is 0 Å². The van der Waals surface area contributed by atoms with Crippen LogP contribution in [-0.2, 0) is 4.84 Å². The first-order valence-corrected chi connectivity index (χ1v) is 3.70. The molecule has 0 saturated carbocycles. The Balaban J connectivity index is 5.01. The van der Waals surface area contributed by atoms with Crippen molar-refractivity contribution in [3.05, 3.63) is 40.5 Å². The minimum atomic E-state index is -3.01. The summed E-state index contributed by atoms with van der Waals surface area (Å²) in [5.41, 5.74) is 0. The van der Waals surface area contributed by atoms with Gasteiger partial charge < -0.3 is 0 Å². The molecule has 0 aromatic heterocycles. The molecule has 1 unspecified atom stereocenters. The Morgan fingerprint density at radius 3 is 1.67 bits per heavy atom. The summed E-state index contributed by atoms with van der Waals surface area (Å²) in [6, 6.07) is 0. The lowest BCUT2D eigenvalue weighted by Gasteiger charge is -2.08. The Bertz CT molecular complexity index is 390. The van der Waals surface area contributed by atoms with Crippen LogP contribution in [0.15, 0.2) is 0 Å². The van der Waals surface area contributed by atoms with E-state index in [2.05, 4.69) is 4.84 Å². The van der Waals surface area contributed by atoms with Crippen molar-refractivity contribution in [1.82, 2.24) is 5.32 Å². The number of amides is 1. The molecule has 1 N–H and O–H groups in total. The van der Waals surface area contributed by atoms with Crippen LogP contribution in [0.1, 0.15) is 0 Å². The molecule has 0 radical (unpaired) electrons. The molecule has 0 saturated heterocycles. The van der Waals surface area contributed by atoms with Crippen LogP contribution in [0.4, 0.5) is 4.79 Å². The monoisotopic (exact) mass is 269 g/mol. The van der Waals surface area contributed by atoms with Gasteiger partial charge in [-0.15, -0.1) is 10.1 Å². The summed E-state index contributed by atoms with van der Waals surface area (Å²) >= 11 is 0. The number of nitrogens with zero attached hydrogens (tertiary/aromatic N) is 4.